The van der Waals surface area contributed by atoms with Crippen molar-refractivity contribution in [2.24, 2.45) is 22.7 Å². The Kier molecular flexibility index (Phi) is 6.79. The molecule has 7 nitrogen and oxygen atoms in total. The van der Waals surface area contributed by atoms with Crippen molar-refractivity contribution >= 4 is 28.7 Å². The molecule has 38 heavy (non-hydrogen) atoms. The Labute approximate surface area is 224 Å². The number of epoxide rings is 1. The maximum absolute atomic E-state index is 13.0. The van der Waals surface area contributed by atoms with Crippen molar-refractivity contribution in [3.63, 3.8) is 0 Å². The van der Waals surface area contributed by atoms with E-state index in [0.717, 1.165) is 67.9 Å². The molecule has 2 aliphatic carbocycles. The first-order valence-corrected chi connectivity index (χ1v) is 13.7. The Bertz CT molecular complexity index is 1280. The molecule has 1 spiro atoms. The van der Waals surface area contributed by atoms with E-state index in [1.807, 2.05) is 12.1 Å². The highest BCUT2D eigenvalue weighted by molar-refractivity contribution is 5.96. The van der Waals surface area contributed by atoms with E-state index < -0.39 is 17.4 Å². The van der Waals surface area contributed by atoms with Crippen LogP contribution in [-0.4, -0.2) is 37.2 Å². The number of ether oxygens (including phenoxy) is 4. The minimum Gasteiger partial charge on any atom is -0.469 e. The summed E-state index contributed by atoms with van der Waals surface area (Å²) in [6.07, 6.45) is 6.67. The summed E-state index contributed by atoms with van der Waals surface area (Å²) in [7, 11) is 1.50. The number of benzene rings is 2. The van der Waals surface area contributed by atoms with Gasteiger partial charge in [-0.25, -0.2) is 0 Å². The quantitative estimate of drug-likeness (QED) is 0.269. The van der Waals surface area contributed by atoms with Crippen molar-refractivity contribution in [2.75, 3.05) is 13.7 Å². The van der Waals surface area contributed by atoms with Crippen LogP contribution in [0.15, 0.2) is 30.3 Å². The number of hydrogen-bond donors (Lipinski definition) is 0. The largest absolute Gasteiger partial charge is 0.469 e. The van der Waals surface area contributed by atoms with Gasteiger partial charge in [0.25, 0.3) is 0 Å². The lowest BCUT2D eigenvalue weighted by molar-refractivity contribution is -0.174. The van der Waals surface area contributed by atoms with Crippen LogP contribution >= 0.6 is 0 Å². The van der Waals surface area contributed by atoms with Crippen LogP contribution in [0, 0.1) is 22.7 Å². The van der Waals surface area contributed by atoms with E-state index in [1.54, 1.807) is 12.1 Å². The van der Waals surface area contributed by atoms with Gasteiger partial charge in [0.05, 0.1) is 24.7 Å². The summed E-state index contributed by atoms with van der Waals surface area (Å²) in [5.41, 5.74) is 0.532. The van der Waals surface area contributed by atoms with Crippen molar-refractivity contribution in [2.45, 2.75) is 78.2 Å². The molecule has 0 N–H and O–H groups in total. The molecule has 0 amide bonds. The number of methoxy groups -OCH3 is 1. The molecule has 0 unspecified atom stereocenters. The molecular formula is C31H38O7. The van der Waals surface area contributed by atoms with Gasteiger partial charge in [-0.2, -0.15) is 0 Å². The Morgan fingerprint density at radius 3 is 2.21 bits per heavy atom. The fraction of sp³-hybridized carbons (Fsp3) is 0.581. The number of aryl methyl sites for hydroxylation is 1. The van der Waals surface area contributed by atoms with Crippen molar-refractivity contribution in [1.82, 2.24) is 0 Å². The molecule has 0 bridgehead atoms. The number of carbonyl (C=O) groups is 3. The lowest BCUT2D eigenvalue weighted by Crippen LogP contribution is -2.57. The molecule has 204 valence electrons. The van der Waals surface area contributed by atoms with E-state index >= 15 is 0 Å². The first-order chi connectivity index (χ1) is 18.0. The zero-order valence-corrected chi connectivity index (χ0v) is 23.1. The zero-order chi connectivity index (χ0) is 27.3. The van der Waals surface area contributed by atoms with Crippen LogP contribution < -0.4 is 9.47 Å². The highest BCUT2D eigenvalue weighted by atomic mass is 16.6. The van der Waals surface area contributed by atoms with Crippen LogP contribution in [0.5, 0.6) is 11.5 Å². The summed E-state index contributed by atoms with van der Waals surface area (Å²) < 4.78 is 22.3. The second kappa shape index (κ2) is 9.67. The molecule has 2 aromatic rings. The highest BCUT2D eigenvalue weighted by Crippen LogP contribution is 2.66. The van der Waals surface area contributed by atoms with E-state index in [1.165, 1.54) is 21.0 Å². The van der Waals surface area contributed by atoms with Crippen molar-refractivity contribution in [3.05, 3.63) is 35.9 Å². The van der Waals surface area contributed by atoms with E-state index in [-0.39, 0.29) is 22.9 Å². The van der Waals surface area contributed by atoms with Gasteiger partial charge >= 0.3 is 17.9 Å². The summed E-state index contributed by atoms with van der Waals surface area (Å²) in [5, 5.41) is 1.45. The summed E-state index contributed by atoms with van der Waals surface area (Å²) in [4.78, 5) is 36.3. The predicted molar refractivity (Wildman–Crippen MR) is 142 cm³/mol. The molecule has 3 fully saturated rings. The average molecular weight is 523 g/mol. The molecule has 1 aliphatic heterocycles. The fourth-order valence-electron chi connectivity index (χ4n) is 7.95. The lowest BCUT2D eigenvalue weighted by atomic mass is 9.45. The molecule has 2 saturated carbocycles. The van der Waals surface area contributed by atoms with E-state index in [0.29, 0.717) is 17.4 Å². The molecule has 7 heteroatoms. The Morgan fingerprint density at radius 1 is 0.947 bits per heavy atom. The molecule has 1 heterocycles. The molecule has 1 saturated heterocycles. The summed E-state index contributed by atoms with van der Waals surface area (Å²) in [5.74, 6) is 0.568. The second-order valence-corrected chi connectivity index (χ2v) is 11.9. The molecule has 0 radical (unpaired) electrons. The maximum atomic E-state index is 13.0. The normalized spacial score (nSPS) is 31.9. The molecule has 0 aromatic heterocycles. The minimum absolute atomic E-state index is 0.0157. The number of rotatable bonds is 6. The number of esters is 3. The first-order valence-electron chi connectivity index (χ1n) is 13.7. The van der Waals surface area contributed by atoms with Crippen molar-refractivity contribution < 1.29 is 33.3 Å². The minimum atomic E-state index is -0.467. The van der Waals surface area contributed by atoms with E-state index in [2.05, 4.69) is 19.9 Å². The van der Waals surface area contributed by atoms with Crippen LogP contribution in [0.25, 0.3) is 10.8 Å². The van der Waals surface area contributed by atoms with Crippen LogP contribution in [-0.2, 0) is 30.3 Å². The molecule has 5 rings (SSSR count). The summed E-state index contributed by atoms with van der Waals surface area (Å²) in [6.45, 7) is 8.00. The van der Waals surface area contributed by atoms with Crippen LogP contribution in [0.4, 0.5) is 0 Å². The first kappa shape index (κ1) is 26.7. The predicted octanol–water partition coefficient (Wildman–Crippen LogP) is 5.79. The molecule has 3 aliphatic rings. The van der Waals surface area contributed by atoms with Gasteiger partial charge < -0.3 is 18.9 Å². The molecular weight excluding hydrogens is 484 g/mol. The van der Waals surface area contributed by atoms with E-state index in [4.69, 9.17) is 18.9 Å². The third kappa shape index (κ3) is 4.49. The Morgan fingerprint density at radius 2 is 1.61 bits per heavy atom. The van der Waals surface area contributed by atoms with Gasteiger partial charge in [-0.15, -0.1) is 0 Å². The van der Waals surface area contributed by atoms with Gasteiger partial charge in [-0.1, -0.05) is 25.5 Å². The van der Waals surface area contributed by atoms with Crippen molar-refractivity contribution in [3.8, 4) is 11.5 Å². The topological polar surface area (TPSA) is 91.4 Å². The standard InChI is InChI=1S/C31H38O7/c1-19(32)37-24-10-11-25(38-20(2)33)23-17-21(7-9-22(23)24)8-12-27-29(3)14-6-15-30(4,28(34)35-5)26(29)13-16-31(27)18-36-31/h7,9-11,17,26-27H,6,8,12-16,18H2,1-5H3/t26-,27-,29+,30+,31-/m1/s1. The number of hydrogen-bond acceptors (Lipinski definition) is 7. The third-order valence-corrected chi connectivity index (χ3v) is 9.66. The number of fused-ring (bicyclic) bond motifs is 2. The van der Waals surface area contributed by atoms with Gasteiger partial charge in [0.1, 0.15) is 11.5 Å². The molecule has 2 aromatic carbocycles. The van der Waals surface area contributed by atoms with Crippen LogP contribution in [0.2, 0.25) is 0 Å². The smallest absolute Gasteiger partial charge is 0.311 e. The summed E-state index contributed by atoms with van der Waals surface area (Å²) in [6, 6.07) is 9.33. The van der Waals surface area contributed by atoms with Gasteiger partial charge in [-0.05, 0) is 86.5 Å². The second-order valence-electron chi connectivity index (χ2n) is 11.9. The van der Waals surface area contributed by atoms with Crippen molar-refractivity contribution in [1.29, 1.82) is 0 Å². The molecule has 5 atom stereocenters. The van der Waals surface area contributed by atoms with Gasteiger partial charge in [0.15, 0.2) is 0 Å². The fourth-order valence-corrected chi connectivity index (χ4v) is 7.95. The Hall–Kier alpha value is -2.93. The number of carbonyl (C=O) groups excluding carboxylic acids is 3. The van der Waals surface area contributed by atoms with Crippen LogP contribution in [0.3, 0.4) is 0 Å². The average Bonchev–Trinajstić information content (AvgIpc) is 3.63. The van der Waals surface area contributed by atoms with E-state index in [9.17, 15) is 14.4 Å². The van der Waals surface area contributed by atoms with Gasteiger partial charge in [0, 0.05) is 24.6 Å². The SMILES string of the molecule is COC(=O)[C@@]1(C)CCC[C@@]2(C)[C@H]1CC[C@@]1(CO1)[C@@H]2CCc1ccc2c(OC(C)=O)ccc(OC(C)=O)c2c1. The Balaban J connectivity index is 1.45. The highest BCUT2D eigenvalue weighted by Gasteiger charge is 2.66. The zero-order valence-electron chi connectivity index (χ0n) is 23.1. The van der Waals surface area contributed by atoms with Crippen LogP contribution in [0.1, 0.15) is 71.8 Å². The monoisotopic (exact) mass is 522 g/mol. The summed E-state index contributed by atoms with van der Waals surface area (Å²) >= 11 is 0. The lowest BCUT2D eigenvalue weighted by Gasteiger charge is -2.58. The third-order valence-electron chi connectivity index (χ3n) is 9.66. The van der Waals surface area contributed by atoms with Gasteiger partial charge in [0.2, 0.25) is 0 Å². The van der Waals surface area contributed by atoms with Gasteiger partial charge in [-0.3, -0.25) is 14.4 Å². The maximum Gasteiger partial charge on any atom is 0.311 e.